The molecule has 0 unspecified atom stereocenters. The molecular weight excluding hydrogens is 212 g/mol. The van der Waals surface area contributed by atoms with Crippen LogP contribution in [0.15, 0.2) is 24.5 Å². The Bertz CT molecular complexity index is 474. The molecule has 4 nitrogen and oxygen atoms in total. The van der Waals surface area contributed by atoms with Gasteiger partial charge in [-0.25, -0.2) is 0 Å². The van der Waals surface area contributed by atoms with Gasteiger partial charge in [0.2, 0.25) is 0 Å². The van der Waals surface area contributed by atoms with Crippen molar-refractivity contribution >= 4 is 0 Å². The van der Waals surface area contributed by atoms with E-state index in [1.165, 1.54) is 17.0 Å². The standard InChI is InChI=1S/C13H20N4/c1-10(2)16-9-13(7-14-16)8-15-17-11(3)5-6-12(17)4/h5-7,9-10,15H,8H2,1-4H3. The third-order valence-electron chi connectivity index (χ3n) is 2.90. The zero-order valence-corrected chi connectivity index (χ0v) is 10.9. The van der Waals surface area contributed by atoms with E-state index in [1.54, 1.807) is 0 Å². The number of rotatable bonds is 4. The molecule has 0 atom stereocenters. The third-order valence-corrected chi connectivity index (χ3v) is 2.90. The summed E-state index contributed by atoms with van der Waals surface area (Å²) in [4.78, 5) is 0. The van der Waals surface area contributed by atoms with Gasteiger partial charge >= 0.3 is 0 Å². The van der Waals surface area contributed by atoms with Crippen LogP contribution in [0.2, 0.25) is 0 Å². The van der Waals surface area contributed by atoms with Crippen LogP contribution >= 0.6 is 0 Å². The molecule has 0 aliphatic carbocycles. The van der Waals surface area contributed by atoms with Crippen LogP contribution in [0.3, 0.4) is 0 Å². The molecule has 0 fully saturated rings. The summed E-state index contributed by atoms with van der Waals surface area (Å²) in [6.07, 6.45) is 4.01. The maximum atomic E-state index is 4.33. The zero-order chi connectivity index (χ0) is 12.4. The highest BCUT2D eigenvalue weighted by Gasteiger charge is 2.03. The van der Waals surface area contributed by atoms with Crippen LogP contribution in [0.5, 0.6) is 0 Å². The summed E-state index contributed by atoms with van der Waals surface area (Å²) in [6.45, 7) is 9.24. The summed E-state index contributed by atoms with van der Waals surface area (Å²) in [5.74, 6) is 0. The molecule has 17 heavy (non-hydrogen) atoms. The Labute approximate surface area is 102 Å². The van der Waals surface area contributed by atoms with Crippen LogP contribution in [0.4, 0.5) is 0 Å². The lowest BCUT2D eigenvalue weighted by Gasteiger charge is -2.11. The highest BCUT2D eigenvalue weighted by atomic mass is 15.4. The molecule has 0 saturated carbocycles. The molecule has 0 bridgehead atoms. The second-order valence-corrected chi connectivity index (χ2v) is 4.71. The van der Waals surface area contributed by atoms with E-state index in [2.05, 4.69) is 61.2 Å². The fourth-order valence-electron chi connectivity index (χ4n) is 1.84. The molecule has 2 aromatic rings. The summed E-state index contributed by atoms with van der Waals surface area (Å²) in [7, 11) is 0. The van der Waals surface area contributed by atoms with E-state index in [1.807, 2.05) is 10.9 Å². The maximum Gasteiger partial charge on any atom is 0.0595 e. The largest absolute Gasteiger partial charge is 0.321 e. The van der Waals surface area contributed by atoms with Crippen molar-refractivity contribution in [2.45, 2.75) is 40.3 Å². The number of nitrogens with zero attached hydrogens (tertiary/aromatic N) is 3. The number of nitrogens with one attached hydrogen (secondary N) is 1. The summed E-state index contributed by atoms with van der Waals surface area (Å²) in [6, 6.07) is 4.64. The van der Waals surface area contributed by atoms with E-state index in [-0.39, 0.29) is 0 Å². The third kappa shape index (κ3) is 2.52. The van der Waals surface area contributed by atoms with Gasteiger partial charge in [0, 0.05) is 29.2 Å². The Kier molecular flexibility index (Phi) is 3.22. The first-order chi connectivity index (χ1) is 8.08. The SMILES string of the molecule is Cc1ccc(C)n1NCc1cnn(C(C)C)c1. The minimum absolute atomic E-state index is 0.416. The summed E-state index contributed by atoms with van der Waals surface area (Å²) in [5.41, 5.74) is 7.04. The van der Waals surface area contributed by atoms with Crippen molar-refractivity contribution < 1.29 is 0 Å². The smallest absolute Gasteiger partial charge is 0.0595 e. The molecule has 2 aromatic heterocycles. The summed E-state index contributed by atoms with van der Waals surface area (Å²) in [5, 5.41) is 4.33. The van der Waals surface area contributed by atoms with Crippen molar-refractivity contribution in [1.82, 2.24) is 14.5 Å². The summed E-state index contributed by atoms with van der Waals surface area (Å²) < 4.78 is 4.08. The second-order valence-electron chi connectivity index (χ2n) is 4.71. The van der Waals surface area contributed by atoms with Crippen molar-refractivity contribution in [3.05, 3.63) is 41.5 Å². The van der Waals surface area contributed by atoms with Gasteiger partial charge in [-0.15, -0.1) is 0 Å². The van der Waals surface area contributed by atoms with Crippen molar-refractivity contribution in [2.75, 3.05) is 5.43 Å². The molecule has 0 aliphatic heterocycles. The molecule has 0 radical (unpaired) electrons. The lowest BCUT2D eigenvalue weighted by Crippen LogP contribution is -2.16. The fraction of sp³-hybridized carbons (Fsp3) is 0.462. The molecular formula is C13H20N4. The van der Waals surface area contributed by atoms with Crippen LogP contribution in [-0.4, -0.2) is 14.5 Å². The van der Waals surface area contributed by atoms with Crippen molar-refractivity contribution in [3.63, 3.8) is 0 Å². The van der Waals surface area contributed by atoms with Crippen molar-refractivity contribution in [1.29, 1.82) is 0 Å². The molecule has 1 N–H and O–H groups in total. The van der Waals surface area contributed by atoms with E-state index in [9.17, 15) is 0 Å². The van der Waals surface area contributed by atoms with Crippen LogP contribution < -0.4 is 5.43 Å². The molecule has 0 aliphatic rings. The number of hydrogen-bond donors (Lipinski definition) is 1. The van der Waals surface area contributed by atoms with Gasteiger partial charge in [-0.3, -0.25) is 9.36 Å². The van der Waals surface area contributed by atoms with Gasteiger partial charge in [0.05, 0.1) is 12.7 Å². The molecule has 92 valence electrons. The Morgan fingerprint density at radius 1 is 1.24 bits per heavy atom. The minimum Gasteiger partial charge on any atom is -0.321 e. The first kappa shape index (κ1) is 11.8. The number of hydrogen-bond acceptors (Lipinski definition) is 2. The minimum atomic E-state index is 0.416. The molecule has 4 heteroatoms. The molecule has 0 amide bonds. The lowest BCUT2D eigenvalue weighted by atomic mass is 10.3. The molecule has 2 heterocycles. The van der Waals surface area contributed by atoms with Crippen molar-refractivity contribution in [3.8, 4) is 0 Å². The Morgan fingerprint density at radius 2 is 1.88 bits per heavy atom. The topological polar surface area (TPSA) is 34.8 Å². The predicted octanol–water partition coefficient (Wildman–Crippen LogP) is 2.63. The molecule has 2 rings (SSSR count). The molecule has 0 spiro atoms. The monoisotopic (exact) mass is 232 g/mol. The van der Waals surface area contributed by atoms with Crippen LogP contribution in [0.1, 0.15) is 36.8 Å². The lowest BCUT2D eigenvalue weighted by molar-refractivity contribution is 0.532. The fourth-order valence-corrected chi connectivity index (χ4v) is 1.84. The van der Waals surface area contributed by atoms with E-state index < -0.39 is 0 Å². The van der Waals surface area contributed by atoms with Gasteiger partial charge in [0.1, 0.15) is 0 Å². The number of aryl methyl sites for hydroxylation is 2. The first-order valence-corrected chi connectivity index (χ1v) is 6.00. The van der Waals surface area contributed by atoms with Gasteiger partial charge in [-0.05, 0) is 39.8 Å². The Morgan fingerprint density at radius 3 is 2.41 bits per heavy atom. The Balaban J connectivity index is 2.02. The predicted molar refractivity (Wildman–Crippen MR) is 69.6 cm³/mol. The van der Waals surface area contributed by atoms with Crippen LogP contribution in [0.25, 0.3) is 0 Å². The quantitative estimate of drug-likeness (QED) is 0.879. The maximum absolute atomic E-state index is 4.33. The summed E-state index contributed by atoms with van der Waals surface area (Å²) >= 11 is 0. The first-order valence-electron chi connectivity index (χ1n) is 6.00. The van der Waals surface area contributed by atoms with Gasteiger partial charge in [0.15, 0.2) is 0 Å². The average molecular weight is 232 g/mol. The van der Waals surface area contributed by atoms with Crippen LogP contribution in [-0.2, 0) is 6.54 Å². The van der Waals surface area contributed by atoms with E-state index >= 15 is 0 Å². The highest BCUT2D eigenvalue weighted by Crippen LogP contribution is 2.08. The zero-order valence-electron chi connectivity index (χ0n) is 10.9. The highest BCUT2D eigenvalue weighted by molar-refractivity contribution is 5.16. The van der Waals surface area contributed by atoms with Crippen LogP contribution in [0, 0.1) is 13.8 Å². The Hall–Kier alpha value is -1.71. The normalized spacial score (nSPS) is 11.1. The van der Waals surface area contributed by atoms with E-state index in [0.717, 1.165) is 6.54 Å². The molecule has 0 saturated heterocycles. The average Bonchev–Trinajstić information content (AvgIpc) is 2.85. The second kappa shape index (κ2) is 4.65. The van der Waals surface area contributed by atoms with Gasteiger partial charge < -0.3 is 5.43 Å². The van der Waals surface area contributed by atoms with Gasteiger partial charge in [0.25, 0.3) is 0 Å². The number of aromatic nitrogens is 3. The van der Waals surface area contributed by atoms with Gasteiger partial charge in [-0.2, -0.15) is 5.10 Å². The van der Waals surface area contributed by atoms with E-state index in [4.69, 9.17) is 0 Å². The van der Waals surface area contributed by atoms with Crippen molar-refractivity contribution in [2.24, 2.45) is 0 Å². The molecule has 0 aromatic carbocycles. The van der Waals surface area contributed by atoms with Gasteiger partial charge in [-0.1, -0.05) is 0 Å². The van der Waals surface area contributed by atoms with E-state index in [0.29, 0.717) is 6.04 Å².